The standard InChI is InChI=1S/C19H25N5O/c1-19(2,3)15-5-7-16(8-6-15)22-18(25)24-13-11-23(12-14-24)17-20-9-4-10-21-17/h4-10H,11-14H2,1-3H3,(H,22,25). The van der Waals surface area contributed by atoms with Crippen molar-refractivity contribution in [2.24, 2.45) is 0 Å². The molecule has 25 heavy (non-hydrogen) atoms. The Morgan fingerprint density at radius 2 is 1.60 bits per heavy atom. The van der Waals surface area contributed by atoms with E-state index >= 15 is 0 Å². The summed E-state index contributed by atoms with van der Waals surface area (Å²) in [7, 11) is 0. The van der Waals surface area contributed by atoms with Gasteiger partial charge in [-0.05, 0) is 29.2 Å². The van der Waals surface area contributed by atoms with Crippen molar-refractivity contribution in [1.82, 2.24) is 14.9 Å². The first kappa shape index (κ1) is 17.2. The van der Waals surface area contributed by atoms with E-state index < -0.39 is 0 Å². The summed E-state index contributed by atoms with van der Waals surface area (Å²) in [6, 6.07) is 9.81. The van der Waals surface area contributed by atoms with Crippen LogP contribution >= 0.6 is 0 Å². The maximum Gasteiger partial charge on any atom is 0.321 e. The highest BCUT2D eigenvalue weighted by Crippen LogP contribution is 2.23. The molecule has 0 unspecified atom stereocenters. The number of anilines is 2. The Morgan fingerprint density at radius 1 is 1.00 bits per heavy atom. The molecular formula is C19H25N5O. The molecule has 2 heterocycles. The minimum atomic E-state index is -0.0582. The Bertz CT molecular complexity index is 701. The van der Waals surface area contributed by atoms with Crippen LogP contribution in [0.1, 0.15) is 26.3 Å². The van der Waals surface area contributed by atoms with Crippen molar-refractivity contribution in [3.8, 4) is 0 Å². The predicted octanol–water partition coefficient (Wildman–Crippen LogP) is 3.13. The monoisotopic (exact) mass is 339 g/mol. The summed E-state index contributed by atoms with van der Waals surface area (Å²) in [6.07, 6.45) is 3.48. The zero-order valence-electron chi connectivity index (χ0n) is 15.1. The number of benzene rings is 1. The second-order valence-electron chi connectivity index (χ2n) is 7.28. The molecule has 6 nitrogen and oxygen atoms in total. The van der Waals surface area contributed by atoms with E-state index in [0.29, 0.717) is 13.1 Å². The Labute approximate surface area is 148 Å². The van der Waals surface area contributed by atoms with Gasteiger partial charge in [0.2, 0.25) is 5.95 Å². The molecule has 132 valence electrons. The van der Waals surface area contributed by atoms with Crippen LogP contribution in [-0.4, -0.2) is 47.1 Å². The van der Waals surface area contributed by atoms with Crippen molar-refractivity contribution in [3.63, 3.8) is 0 Å². The second-order valence-corrected chi connectivity index (χ2v) is 7.28. The van der Waals surface area contributed by atoms with Gasteiger partial charge in [-0.3, -0.25) is 0 Å². The van der Waals surface area contributed by atoms with Gasteiger partial charge in [-0.1, -0.05) is 32.9 Å². The molecule has 0 atom stereocenters. The van der Waals surface area contributed by atoms with E-state index in [1.54, 1.807) is 18.5 Å². The molecule has 1 aromatic carbocycles. The normalized spacial score (nSPS) is 15.2. The van der Waals surface area contributed by atoms with Crippen molar-refractivity contribution in [3.05, 3.63) is 48.3 Å². The Balaban J connectivity index is 1.54. The quantitative estimate of drug-likeness (QED) is 0.913. The highest BCUT2D eigenvalue weighted by Gasteiger charge is 2.22. The summed E-state index contributed by atoms with van der Waals surface area (Å²) in [5.41, 5.74) is 2.19. The van der Waals surface area contributed by atoms with Crippen LogP contribution in [-0.2, 0) is 5.41 Å². The van der Waals surface area contributed by atoms with Gasteiger partial charge in [0, 0.05) is 44.3 Å². The first-order chi connectivity index (χ1) is 11.9. The fourth-order valence-electron chi connectivity index (χ4n) is 2.82. The van der Waals surface area contributed by atoms with Crippen molar-refractivity contribution < 1.29 is 4.79 Å². The molecule has 0 spiro atoms. The van der Waals surface area contributed by atoms with Gasteiger partial charge in [0.25, 0.3) is 0 Å². The molecule has 1 aromatic heterocycles. The first-order valence-electron chi connectivity index (χ1n) is 8.62. The lowest BCUT2D eigenvalue weighted by molar-refractivity contribution is 0.208. The highest BCUT2D eigenvalue weighted by atomic mass is 16.2. The minimum Gasteiger partial charge on any atom is -0.337 e. The summed E-state index contributed by atoms with van der Waals surface area (Å²) in [5.74, 6) is 0.723. The molecule has 6 heteroatoms. The molecule has 1 saturated heterocycles. The van der Waals surface area contributed by atoms with Gasteiger partial charge in [0.15, 0.2) is 0 Å². The molecule has 2 amide bonds. The third-order valence-corrected chi connectivity index (χ3v) is 4.40. The fourth-order valence-corrected chi connectivity index (χ4v) is 2.82. The van der Waals surface area contributed by atoms with Crippen molar-refractivity contribution >= 4 is 17.7 Å². The number of urea groups is 1. The predicted molar refractivity (Wildman–Crippen MR) is 100.0 cm³/mol. The van der Waals surface area contributed by atoms with Gasteiger partial charge in [-0.2, -0.15) is 0 Å². The van der Waals surface area contributed by atoms with Crippen LogP contribution in [0, 0.1) is 0 Å². The Kier molecular flexibility index (Phi) is 4.88. The lowest BCUT2D eigenvalue weighted by Gasteiger charge is -2.34. The molecular weight excluding hydrogens is 314 g/mol. The van der Waals surface area contributed by atoms with Crippen molar-refractivity contribution in [1.29, 1.82) is 0 Å². The number of piperazine rings is 1. The van der Waals surface area contributed by atoms with Crippen LogP contribution in [0.25, 0.3) is 0 Å². The second kappa shape index (κ2) is 7.09. The summed E-state index contributed by atoms with van der Waals surface area (Å²) in [4.78, 5) is 24.9. The molecule has 1 fully saturated rings. The molecule has 1 aliphatic heterocycles. The van der Waals surface area contributed by atoms with Crippen LogP contribution in [0.4, 0.5) is 16.4 Å². The van der Waals surface area contributed by atoms with E-state index in [0.717, 1.165) is 24.7 Å². The summed E-state index contributed by atoms with van der Waals surface area (Å²) >= 11 is 0. The number of carbonyl (C=O) groups is 1. The number of nitrogens with zero attached hydrogens (tertiary/aromatic N) is 4. The molecule has 1 N–H and O–H groups in total. The lowest BCUT2D eigenvalue weighted by Crippen LogP contribution is -2.50. The molecule has 2 aromatic rings. The topological polar surface area (TPSA) is 61.4 Å². The third-order valence-electron chi connectivity index (χ3n) is 4.40. The molecule has 0 bridgehead atoms. The SMILES string of the molecule is CC(C)(C)c1ccc(NC(=O)N2CCN(c3ncccn3)CC2)cc1. The number of nitrogens with one attached hydrogen (secondary N) is 1. The van der Waals surface area contributed by atoms with E-state index in [2.05, 4.69) is 53.1 Å². The van der Waals surface area contributed by atoms with Crippen LogP contribution in [0.3, 0.4) is 0 Å². The Morgan fingerprint density at radius 3 is 2.16 bits per heavy atom. The van der Waals surface area contributed by atoms with E-state index in [1.807, 2.05) is 17.0 Å². The average Bonchev–Trinajstić information content (AvgIpc) is 2.62. The Hall–Kier alpha value is -2.63. The number of amides is 2. The molecule has 1 aliphatic rings. The first-order valence-corrected chi connectivity index (χ1v) is 8.62. The largest absolute Gasteiger partial charge is 0.337 e. The van der Waals surface area contributed by atoms with E-state index in [-0.39, 0.29) is 11.4 Å². The summed E-state index contributed by atoms with van der Waals surface area (Å²) < 4.78 is 0. The van der Waals surface area contributed by atoms with Gasteiger partial charge in [-0.25, -0.2) is 14.8 Å². The van der Waals surface area contributed by atoms with E-state index in [9.17, 15) is 4.79 Å². The van der Waals surface area contributed by atoms with E-state index in [4.69, 9.17) is 0 Å². The number of aromatic nitrogens is 2. The molecule has 0 saturated carbocycles. The smallest absolute Gasteiger partial charge is 0.321 e. The van der Waals surface area contributed by atoms with E-state index in [1.165, 1.54) is 5.56 Å². The van der Waals surface area contributed by atoms with Gasteiger partial charge in [0.05, 0.1) is 0 Å². The van der Waals surface area contributed by atoms with Crippen LogP contribution < -0.4 is 10.2 Å². The number of hydrogen-bond donors (Lipinski definition) is 1. The van der Waals surface area contributed by atoms with Gasteiger partial charge < -0.3 is 15.1 Å². The highest BCUT2D eigenvalue weighted by molar-refractivity contribution is 5.89. The van der Waals surface area contributed by atoms with Gasteiger partial charge in [0.1, 0.15) is 0 Å². The van der Waals surface area contributed by atoms with Crippen LogP contribution in [0.15, 0.2) is 42.7 Å². The molecule has 0 aliphatic carbocycles. The van der Waals surface area contributed by atoms with Crippen LogP contribution in [0.2, 0.25) is 0 Å². The fraction of sp³-hybridized carbons (Fsp3) is 0.421. The molecule has 0 radical (unpaired) electrons. The number of hydrogen-bond acceptors (Lipinski definition) is 4. The van der Waals surface area contributed by atoms with Gasteiger partial charge >= 0.3 is 6.03 Å². The summed E-state index contributed by atoms with van der Waals surface area (Å²) in [6.45, 7) is 9.32. The third kappa shape index (κ3) is 4.26. The zero-order valence-corrected chi connectivity index (χ0v) is 15.1. The maximum atomic E-state index is 12.5. The minimum absolute atomic E-state index is 0.0582. The zero-order chi connectivity index (χ0) is 17.9. The average molecular weight is 339 g/mol. The molecule has 3 rings (SSSR count). The van der Waals surface area contributed by atoms with Gasteiger partial charge in [-0.15, -0.1) is 0 Å². The van der Waals surface area contributed by atoms with Crippen LogP contribution in [0.5, 0.6) is 0 Å². The van der Waals surface area contributed by atoms with Crippen molar-refractivity contribution in [2.45, 2.75) is 26.2 Å². The van der Waals surface area contributed by atoms with Crippen molar-refractivity contribution in [2.75, 3.05) is 36.4 Å². The number of rotatable bonds is 2. The lowest BCUT2D eigenvalue weighted by atomic mass is 9.87. The number of carbonyl (C=O) groups excluding carboxylic acids is 1. The summed E-state index contributed by atoms with van der Waals surface area (Å²) in [5, 5.41) is 2.98. The maximum absolute atomic E-state index is 12.5.